The molecule has 1 aliphatic rings. The smallest absolute Gasteiger partial charge is 0.303 e. The van der Waals surface area contributed by atoms with Gasteiger partial charge in [0.2, 0.25) is 5.90 Å². The molecule has 0 saturated carbocycles. The maximum Gasteiger partial charge on any atom is 0.303 e. The van der Waals surface area contributed by atoms with E-state index in [1.165, 1.54) is 6.92 Å². The highest BCUT2D eigenvalue weighted by Crippen LogP contribution is 1.94. The van der Waals surface area contributed by atoms with Crippen molar-refractivity contribution >= 4 is 11.9 Å². The molecule has 4 nitrogen and oxygen atoms in total. The molecular weight excluding hydrogens is 134 g/mol. The number of hydrogen-bond donors (Lipinski definition) is 0. The first-order valence-electron chi connectivity index (χ1n) is 3.08. The number of nitrogens with zero attached hydrogens (tertiary/aromatic N) is 1. The summed E-state index contributed by atoms with van der Waals surface area (Å²) >= 11 is 0. The lowest BCUT2D eigenvalue weighted by atomic mass is 10.7. The van der Waals surface area contributed by atoms with Crippen LogP contribution >= 0.6 is 0 Å². The fourth-order valence-electron chi connectivity index (χ4n) is 0.630. The van der Waals surface area contributed by atoms with Crippen molar-refractivity contribution in [2.45, 2.75) is 6.92 Å². The molecule has 0 aromatic carbocycles. The predicted octanol–water partition coefficient (Wildman–Crippen LogP) is -0.0218. The van der Waals surface area contributed by atoms with Gasteiger partial charge in [-0.3, -0.25) is 4.79 Å². The Kier molecular flexibility index (Phi) is 2.25. The Morgan fingerprint density at radius 1 is 1.90 bits per heavy atom. The Morgan fingerprint density at radius 3 is 3.20 bits per heavy atom. The normalized spacial score (nSPS) is 15.9. The molecule has 1 heterocycles. The lowest BCUT2D eigenvalue weighted by molar-refractivity contribution is -0.139. The highest BCUT2D eigenvalue weighted by Gasteiger charge is 2.07. The van der Waals surface area contributed by atoms with Crippen molar-refractivity contribution < 1.29 is 14.3 Å². The average Bonchev–Trinajstić information content (AvgIpc) is 2.34. The Labute approximate surface area is 58.8 Å². The van der Waals surface area contributed by atoms with E-state index in [0.29, 0.717) is 19.0 Å². The zero-order chi connectivity index (χ0) is 7.40. The Balaban J connectivity index is 2.19. The number of hydrogen-bond acceptors (Lipinski definition) is 4. The van der Waals surface area contributed by atoms with Crippen molar-refractivity contribution in [2.24, 2.45) is 4.99 Å². The molecule has 0 unspecified atom stereocenters. The quantitative estimate of drug-likeness (QED) is 0.510. The minimum Gasteiger partial charge on any atom is -0.477 e. The molecule has 0 amide bonds. The maximum atomic E-state index is 10.3. The molecule has 0 aromatic heterocycles. The summed E-state index contributed by atoms with van der Waals surface area (Å²) in [7, 11) is 0. The van der Waals surface area contributed by atoms with E-state index >= 15 is 0 Å². The van der Waals surface area contributed by atoms with Crippen LogP contribution in [-0.2, 0) is 14.3 Å². The zero-order valence-corrected chi connectivity index (χ0v) is 5.79. The van der Waals surface area contributed by atoms with Crippen LogP contribution in [0.1, 0.15) is 6.92 Å². The number of carbonyl (C=O) groups excluding carboxylic acids is 1. The van der Waals surface area contributed by atoms with Crippen molar-refractivity contribution in [1.29, 1.82) is 0 Å². The van der Waals surface area contributed by atoms with Crippen LogP contribution in [0.25, 0.3) is 0 Å². The summed E-state index contributed by atoms with van der Waals surface area (Å²) in [6, 6.07) is 0. The standard InChI is InChI=1S/C6H9NO3/c1-5(8)10-4-6-7-2-3-9-6/h2-4H2,1H3. The van der Waals surface area contributed by atoms with Gasteiger partial charge in [0.05, 0.1) is 6.54 Å². The van der Waals surface area contributed by atoms with Gasteiger partial charge in [0.15, 0.2) is 6.61 Å². The van der Waals surface area contributed by atoms with Gasteiger partial charge in [-0.15, -0.1) is 0 Å². The van der Waals surface area contributed by atoms with Crippen LogP contribution in [0.5, 0.6) is 0 Å². The molecule has 0 saturated heterocycles. The van der Waals surface area contributed by atoms with Crippen LogP contribution in [0, 0.1) is 0 Å². The van der Waals surface area contributed by atoms with E-state index in [1.807, 2.05) is 0 Å². The molecule has 1 rings (SSSR count). The van der Waals surface area contributed by atoms with Crippen molar-refractivity contribution in [2.75, 3.05) is 19.8 Å². The third-order valence-corrected chi connectivity index (χ3v) is 1.05. The number of esters is 1. The van der Waals surface area contributed by atoms with Gasteiger partial charge in [-0.25, -0.2) is 4.99 Å². The fraction of sp³-hybridized carbons (Fsp3) is 0.667. The lowest BCUT2D eigenvalue weighted by Crippen LogP contribution is -2.11. The third kappa shape index (κ3) is 2.05. The molecule has 0 fully saturated rings. The zero-order valence-electron chi connectivity index (χ0n) is 5.79. The number of aliphatic imine (C=N–C) groups is 1. The van der Waals surface area contributed by atoms with Gasteiger partial charge < -0.3 is 9.47 Å². The van der Waals surface area contributed by atoms with Crippen LogP contribution < -0.4 is 0 Å². The van der Waals surface area contributed by atoms with Crippen LogP contribution in [0.3, 0.4) is 0 Å². The van der Waals surface area contributed by atoms with Crippen LogP contribution in [0.15, 0.2) is 4.99 Å². The van der Waals surface area contributed by atoms with Gasteiger partial charge in [0.25, 0.3) is 0 Å². The second-order valence-electron chi connectivity index (χ2n) is 1.90. The second-order valence-corrected chi connectivity index (χ2v) is 1.90. The monoisotopic (exact) mass is 143 g/mol. The number of ether oxygens (including phenoxy) is 2. The minimum atomic E-state index is -0.307. The van der Waals surface area contributed by atoms with E-state index < -0.39 is 0 Å². The average molecular weight is 143 g/mol. The van der Waals surface area contributed by atoms with Gasteiger partial charge >= 0.3 is 5.97 Å². The topological polar surface area (TPSA) is 47.9 Å². The molecule has 1 aliphatic heterocycles. The van der Waals surface area contributed by atoms with Crippen molar-refractivity contribution in [1.82, 2.24) is 0 Å². The van der Waals surface area contributed by atoms with Crippen LogP contribution in [0.2, 0.25) is 0 Å². The summed E-state index contributed by atoms with van der Waals surface area (Å²) in [5, 5.41) is 0. The van der Waals surface area contributed by atoms with E-state index in [-0.39, 0.29) is 12.6 Å². The van der Waals surface area contributed by atoms with Crippen LogP contribution in [-0.4, -0.2) is 31.6 Å². The van der Waals surface area contributed by atoms with Gasteiger partial charge in [-0.2, -0.15) is 0 Å². The number of carbonyl (C=O) groups is 1. The molecule has 56 valence electrons. The summed E-state index contributed by atoms with van der Waals surface area (Å²) in [5.74, 6) is 0.216. The first-order valence-corrected chi connectivity index (χ1v) is 3.08. The summed E-state index contributed by atoms with van der Waals surface area (Å²) in [4.78, 5) is 14.2. The van der Waals surface area contributed by atoms with Gasteiger partial charge in [-0.1, -0.05) is 0 Å². The van der Waals surface area contributed by atoms with Crippen molar-refractivity contribution in [3.63, 3.8) is 0 Å². The largest absolute Gasteiger partial charge is 0.477 e. The van der Waals surface area contributed by atoms with E-state index in [1.54, 1.807) is 0 Å². The fourth-order valence-corrected chi connectivity index (χ4v) is 0.630. The SMILES string of the molecule is CC(=O)OCC1=NCCO1. The molecular formula is C6H9NO3. The number of rotatable bonds is 2. The molecule has 10 heavy (non-hydrogen) atoms. The molecule has 0 aromatic rings. The third-order valence-electron chi connectivity index (χ3n) is 1.05. The maximum absolute atomic E-state index is 10.3. The van der Waals surface area contributed by atoms with Crippen molar-refractivity contribution in [3.05, 3.63) is 0 Å². The summed E-state index contributed by atoms with van der Waals surface area (Å²) in [5.41, 5.74) is 0. The highest BCUT2D eigenvalue weighted by molar-refractivity contribution is 5.80. The summed E-state index contributed by atoms with van der Waals surface area (Å²) in [6.07, 6.45) is 0. The molecule has 0 atom stereocenters. The van der Waals surface area contributed by atoms with E-state index in [9.17, 15) is 4.79 Å². The Hall–Kier alpha value is -1.06. The molecule has 0 N–H and O–H groups in total. The lowest BCUT2D eigenvalue weighted by Gasteiger charge is -2.00. The Morgan fingerprint density at radius 2 is 2.70 bits per heavy atom. The summed E-state index contributed by atoms with van der Waals surface area (Å²) < 4.78 is 9.61. The molecule has 0 radical (unpaired) electrons. The van der Waals surface area contributed by atoms with E-state index in [4.69, 9.17) is 4.74 Å². The second kappa shape index (κ2) is 3.20. The van der Waals surface area contributed by atoms with Gasteiger partial charge in [0, 0.05) is 6.92 Å². The summed E-state index contributed by atoms with van der Waals surface area (Å²) in [6.45, 7) is 2.82. The molecule has 4 heteroatoms. The predicted molar refractivity (Wildman–Crippen MR) is 34.9 cm³/mol. The minimum absolute atomic E-state index is 0.176. The molecule has 0 spiro atoms. The van der Waals surface area contributed by atoms with E-state index in [2.05, 4.69) is 9.73 Å². The first-order chi connectivity index (χ1) is 4.79. The van der Waals surface area contributed by atoms with Gasteiger partial charge in [0.1, 0.15) is 6.61 Å². The highest BCUT2D eigenvalue weighted by atomic mass is 16.6. The Bertz CT molecular complexity index is 164. The van der Waals surface area contributed by atoms with Crippen LogP contribution in [0.4, 0.5) is 0 Å². The molecule has 0 aliphatic carbocycles. The molecule has 0 bridgehead atoms. The first kappa shape index (κ1) is 7.05. The van der Waals surface area contributed by atoms with E-state index in [0.717, 1.165) is 0 Å². The van der Waals surface area contributed by atoms with Gasteiger partial charge in [-0.05, 0) is 0 Å². The van der Waals surface area contributed by atoms with Crippen molar-refractivity contribution in [3.8, 4) is 0 Å².